The molecule has 0 bridgehead atoms. The predicted molar refractivity (Wildman–Crippen MR) is 68.9 cm³/mol. The average Bonchev–Trinajstić information content (AvgIpc) is 2.37. The topological polar surface area (TPSA) is 48.8 Å². The Labute approximate surface area is 103 Å². The molecule has 2 rings (SSSR count). The Morgan fingerprint density at radius 3 is 3.06 bits per heavy atom. The number of benzene rings is 1. The largest absolute Gasteiger partial charge is 0.206 e. The standard InChI is InChI=1S/C12H11FN3S/c13-11-3-1-2-10(8-15-16-14)12(11)9-4-6-17-7-5-9/h1-4,8H,5-7H2. The van der Waals surface area contributed by atoms with Crippen LogP contribution < -0.4 is 0 Å². The first-order valence-electron chi connectivity index (χ1n) is 5.26. The molecule has 1 aliphatic rings. The van der Waals surface area contributed by atoms with Crippen LogP contribution in [-0.2, 0) is 0 Å². The van der Waals surface area contributed by atoms with E-state index in [0.29, 0.717) is 11.1 Å². The van der Waals surface area contributed by atoms with Gasteiger partial charge >= 0.3 is 0 Å². The number of halogens is 1. The molecule has 0 amide bonds. The Bertz CT molecular complexity index is 493. The molecule has 0 spiro atoms. The zero-order chi connectivity index (χ0) is 12.1. The van der Waals surface area contributed by atoms with Crippen molar-refractivity contribution in [3.8, 4) is 0 Å². The van der Waals surface area contributed by atoms with Gasteiger partial charge in [0.1, 0.15) is 5.82 Å². The van der Waals surface area contributed by atoms with Crippen LogP contribution >= 0.6 is 11.8 Å². The van der Waals surface area contributed by atoms with Gasteiger partial charge in [0.2, 0.25) is 0 Å². The van der Waals surface area contributed by atoms with Gasteiger partial charge in [-0.2, -0.15) is 11.8 Å². The molecule has 5 heteroatoms. The van der Waals surface area contributed by atoms with E-state index in [0.717, 1.165) is 23.5 Å². The Kier molecular flexibility index (Phi) is 4.07. The lowest BCUT2D eigenvalue weighted by Gasteiger charge is -2.16. The van der Waals surface area contributed by atoms with Gasteiger partial charge in [-0.3, -0.25) is 0 Å². The monoisotopic (exact) mass is 248 g/mol. The summed E-state index contributed by atoms with van der Waals surface area (Å²) >= 11 is 1.83. The van der Waals surface area contributed by atoms with E-state index in [2.05, 4.69) is 10.0 Å². The van der Waals surface area contributed by atoms with Crippen LogP contribution in [0.2, 0.25) is 0 Å². The molecule has 0 aliphatic carbocycles. The molecule has 17 heavy (non-hydrogen) atoms. The number of hydrogen-bond acceptors (Lipinski definition) is 2. The molecule has 1 radical (unpaired) electrons. The van der Waals surface area contributed by atoms with Crippen molar-refractivity contribution in [2.45, 2.75) is 6.42 Å². The number of nitrogens with zero attached hydrogens (tertiary/aromatic N) is 3. The van der Waals surface area contributed by atoms with Crippen LogP contribution in [0.15, 0.2) is 29.4 Å². The quantitative estimate of drug-likeness (QED) is 0.450. The normalized spacial score (nSPS) is 15.0. The highest BCUT2D eigenvalue weighted by molar-refractivity contribution is 7.99. The maximum atomic E-state index is 13.9. The van der Waals surface area contributed by atoms with Crippen LogP contribution in [0.5, 0.6) is 0 Å². The lowest BCUT2D eigenvalue weighted by atomic mass is 9.97. The van der Waals surface area contributed by atoms with Crippen molar-refractivity contribution in [2.24, 2.45) is 5.11 Å². The maximum absolute atomic E-state index is 13.9. The lowest BCUT2D eigenvalue weighted by Crippen LogP contribution is -2.01. The molecule has 0 fully saturated rings. The molecule has 87 valence electrons. The number of rotatable bonds is 3. The van der Waals surface area contributed by atoms with Crippen LogP contribution in [0.25, 0.3) is 16.0 Å². The molecular formula is C12H11FN3S. The van der Waals surface area contributed by atoms with Gasteiger partial charge in [0.15, 0.2) is 0 Å². The number of hydrogen-bond donors (Lipinski definition) is 0. The van der Waals surface area contributed by atoms with Crippen molar-refractivity contribution in [2.75, 3.05) is 11.5 Å². The van der Waals surface area contributed by atoms with E-state index >= 15 is 0 Å². The lowest BCUT2D eigenvalue weighted by molar-refractivity contribution is 0.622. The third-order valence-corrected chi connectivity index (χ3v) is 3.47. The summed E-state index contributed by atoms with van der Waals surface area (Å²) in [7, 11) is 0. The molecule has 0 saturated heterocycles. The summed E-state index contributed by atoms with van der Waals surface area (Å²) in [5.41, 5.74) is 10.5. The fourth-order valence-electron chi connectivity index (χ4n) is 1.83. The minimum atomic E-state index is -0.259. The second kappa shape index (κ2) is 5.75. The summed E-state index contributed by atoms with van der Waals surface area (Å²) in [6.45, 7) is 1.36. The highest BCUT2D eigenvalue weighted by atomic mass is 32.2. The van der Waals surface area contributed by atoms with Crippen LogP contribution in [0.1, 0.15) is 17.5 Å². The molecule has 3 nitrogen and oxygen atoms in total. The summed E-state index contributed by atoms with van der Waals surface area (Å²) < 4.78 is 13.9. The van der Waals surface area contributed by atoms with Gasteiger partial charge in [-0.05, 0) is 34.9 Å². The van der Waals surface area contributed by atoms with Crippen LogP contribution in [0, 0.1) is 12.4 Å². The third kappa shape index (κ3) is 2.81. The molecule has 1 heterocycles. The highest BCUT2D eigenvalue weighted by Crippen LogP contribution is 2.31. The van der Waals surface area contributed by atoms with Gasteiger partial charge in [0.25, 0.3) is 0 Å². The van der Waals surface area contributed by atoms with E-state index in [9.17, 15) is 4.39 Å². The maximum Gasteiger partial charge on any atom is 0.130 e. The molecule has 1 aromatic rings. The van der Waals surface area contributed by atoms with Crippen molar-refractivity contribution < 1.29 is 4.39 Å². The number of thioether (sulfide) groups is 1. The molecular weight excluding hydrogens is 237 g/mol. The van der Waals surface area contributed by atoms with Gasteiger partial charge < -0.3 is 0 Å². The Morgan fingerprint density at radius 2 is 2.35 bits per heavy atom. The molecule has 1 aromatic carbocycles. The number of azide groups is 1. The first-order chi connectivity index (χ1) is 8.33. The molecule has 0 aromatic heterocycles. The first-order valence-corrected chi connectivity index (χ1v) is 6.41. The van der Waals surface area contributed by atoms with Crippen LogP contribution in [0.3, 0.4) is 0 Å². The second-order valence-electron chi connectivity index (χ2n) is 3.59. The van der Waals surface area contributed by atoms with E-state index in [1.165, 1.54) is 12.6 Å². The predicted octanol–water partition coefficient (Wildman–Crippen LogP) is 4.17. The molecule has 0 saturated carbocycles. The SMILES string of the molecule is [N-]=[N+]=N[CH]c1cccc(F)c1C1=CCSCC1. The fraction of sp³-hybridized carbons (Fsp3) is 0.250. The van der Waals surface area contributed by atoms with Gasteiger partial charge in [0.05, 0.1) is 6.54 Å². The molecule has 0 unspecified atom stereocenters. The van der Waals surface area contributed by atoms with Gasteiger partial charge in [0, 0.05) is 16.2 Å². The van der Waals surface area contributed by atoms with E-state index < -0.39 is 0 Å². The smallest absolute Gasteiger partial charge is 0.130 e. The fourth-order valence-corrected chi connectivity index (χ4v) is 2.68. The third-order valence-electron chi connectivity index (χ3n) is 2.58. The average molecular weight is 248 g/mol. The zero-order valence-corrected chi connectivity index (χ0v) is 9.95. The summed E-state index contributed by atoms with van der Waals surface area (Å²) in [5, 5.41) is 3.40. The Balaban J connectivity index is 2.42. The highest BCUT2D eigenvalue weighted by Gasteiger charge is 2.14. The second-order valence-corrected chi connectivity index (χ2v) is 4.74. The first kappa shape index (κ1) is 12.0. The Morgan fingerprint density at radius 1 is 1.47 bits per heavy atom. The van der Waals surface area contributed by atoms with Crippen molar-refractivity contribution in [3.05, 3.63) is 58.2 Å². The minimum Gasteiger partial charge on any atom is -0.206 e. The van der Waals surface area contributed by atoms with Gasteiger partial charge in [-0.25, -0.2) is 4.39 Å². The summed E-state index contributed by atoms with van der Waals surface area (Å²) in [4.78, 5) is 2.67. The Hall–Kier alpha value is -1.45. The van der Waals surface area contributed by atoms with Crippen molar-refractivity contribution in [3.63, 3.8) is 0 Å². The van der Waals surface area contributed by atoms with E-state index in [4.69, 9.17) is 5.53 Å². The summed E-state index contributed by atoms with van der Waals surface area (Å²) in [6.07, 6.45) is 2.89. The summed E-state index contributed by atoms with van der Waals surface area (Å²) in [5.74, 6) is 1.65. The summed E-state index contributed by atoms with van der Waals surface area (Å²) in [6, 6.07) is 4.82. The molecule has 0 atom stereocenters. The van der Waals surface area contributed by atoms with Gasteiger partial charge in [-0.1, -0.05) is 23.3 Å². The minimum absolute atomic E-state index is 0.259. The van der Waals surface area contributed by atoms with Gasteiger partial charge in [-0.15, -0.1) is 0 Å². The van der Waals surface area contributed by atoms with E-state index in [1.54, 1.807) is 12.1 Å². The molecule has 1 aliphatic heterocycles. The van der Waals surface area contributed by atoms with Crippen molar-refractivity contribution in [1.82, 2.24) is 0 Å². The van der Waals surface area contributed by atoms with E-state index in [1.807, 2.05) is 17.8 Å². The van der Waals surface area contributed by atoms with Crippen LogP contribution in [-0.4, -0.2) is 11.5 Å². The molecule has 0 N–H and O–H groups in total. The van der Waals surface area contributed by atoms with Crippen molar-refractivity contribution in [1.29, 1.82) is 0 Å². The van der Waals surface area contributed by atoms with Crippen LogP contribution in [0.4, 0.5) is 4.39 Å². The van der Waals surface area contributed by atoms with Crippen molar-refractivity contribution >= 4 is 17.3 Å². The van der Waals surface area contributed by atoms with E-state index in [-0.39, 0.29) is 5.82 Å². The zero-order valence-electron chi connectivity index (χ0n) is 9.14. The number of allylic oxidation sites excluding steroid dienone is 1.